The van der Waals surface area contributed by atoms with E-state index in [0.29, 0.717) is 17.6 Å². The van der Waals surface area contributed by atoms with Gasteiger partial charge < -0.3 is 14.3 Å². The van der Waals surface area contributed by atoms with Gasteiger partial charge in [0, 0.05) is 30.9 Å². The number of furan rings is 1. The van der Waals surface area contributed by atoms with Gasteiger partial charge in [-0.05, 0) is 18.6 Å². The number of imidazole rings is 1. The van der Waals surface area contributed by atoms with Crippen LogP contribution in [0, 0.1) is 0 Å². The van der Waals surface area contributed by atoms with Crippen molar-refractivity contribution in [2.75, 3.05) is 6.54 Å². The van der Waals surface area contributed by atoms with Crippen LogP contribution in [0.2, 0.25) is 0 Å². The van der Waals surface area contributed by atoms with Crippen LogP contribution in [0.15, 0.2) is 58.5 Å². The SMILES string of the molecule is O=C(Cn1cnc2c(oc3ccccc32)c1=O)NCCCn1ccnc1. The Morgan fingerprint density at radius 1 is 1.23 bits per heavy atom. The number of fused-ring (bicyclic) bond motifs is 3. The van der Waals surface area contributed by atoms with Crippen LogP contribution in [0.5, 0.6) is 0 Å². The number of nitrogens with one attached hydrogen (secondary N) is 1. The molecule has 0 fully saturated rings. The highest BCUT2D eigenvalue weighted by Gasteiger charge is 2.14. The van der Waals surface area contributed by atoms with E-state index in [-0.39, 0.29) is 23.6 Å². The van der Waals surface area contributed by atoms with Crippen molar-refractivity contribution in [3.8, 4) is 0 Å². The first kappa shape index (κ1) is 16.1. The van der Waals surface area contributed by atoms with Gasteiger partial charge in [0.2, 0.25) is 11.5 Å². The van der Waals surface area contributed by atoms with Crippen LogP contribution in [0.4, 0.5) is 0 Å². The van der Waals surface area contributed by atoms with Gasteiger partial charge in [-0.1, -0.05) is 12.1 Å². The first-order valence-electron chi connectivity index (χ1n) is 8.31. The third-order valence-electron chi connectivity index (χ3n) is 4.14. The van der Waals surface area contributed by atoms with Crippen LogP contribution in [0.3, 0.4) is 0 Å². The van der Waals surface area contributed by atoms with Gasteiger partial charge in [0.05, 0.1) is 12.7 Å². The molecule has 3 aromatic heterocycles. The van der Waals surface area contributed by atoms with E-state index in [1.807, 2.05) is 29.0 Å². The van der Waals surface area contributed by atoms with Gasteiger partial charge >= 0.3 is 0 Å². The lowest BCUT2D eigenvalue weighted by Gasteiger charge is -2.07. The number of carbonyl (C=O) groups is 1. The van der Waals surface area contributed by atoms with Gasteiger partial charge in [0.25, 0.3) is 5.56 Å². The van der Waals surface area contributed by atoms with E-state index in [1.54, 1.807) is 18.6 Å². The summed E-state index contributed by atoms with van der Waals surface area (Å²) in [6.45, 7) is 1.20. The summed E-state index contributed by atoms with van der Waals surface area (Å²) in [7, 11) is 0. The molecule has 0 unspecified atom stereocenters. The second kappa shape index (κ2) is 6.83. The fraction of sp³-hybridized carbons (Fsp3) is 0.222. The molecule has 26 heavy (non-hydrogen) atoms. The number of hydrogen-bond donors (Lipinski definition) is 1. The molecule has 4 aromatic rings. The molecule has 0 spiro atoms. The Kier molecular flexibility index (Phi) is 4.22. The third-order valence-corrected chi connectivity index (χ3v) is 4.14. The first-order valence-corrected chi connectivity index (χ1v) is 8.31. The number of aryl methyl sites for hydroxylation is 1. The van der Waals surface area contributed by atoms with E-state index < -0.39 is 0 Å². The average molecular weight is 351 g/mol. The van der Waals surface area contributed by atoms with Gasteiger partial charge in [-0.2, -0.15) is 0 Å². The zero-order chi connectivity index (χ0) is 17.9. The van der Waals surface area contributed by atoms with Gasteiger partial charge in [-0.25, -0.2) is 9.97 Å². The molecule has 0 aliphatic heterocycles. The number of hydrogen-bond acceptors (Lipinski definition) is 5. The van der Waals surface area contributed by atoms with E-state index in [2.05, 4.69) is 15.3 Å². The molecule has 132 valence electrons. The standard InChI is InChI=1S/C18H17N5O3/c24-15(20-6-3-8-22-9-7-19-11-22)10-23-12-21-16-13-4-1-2-5-14(13)26-17(16)18(23)25/h1-2,4-5,7,9,11-12H,3,6,8,10H2,(H,20,24). The van der Waals surface area contributed by atoms with E-state index in [0.717, 1.165) is 18.4 Å². The summed E-state index contributed by atoms with van der Waals surface area (Å²) < 4.78 is 8.81. The molecule has 0 aliphatic rings. The molecule has 0 atom stereocenters. The smallest absolute Gasteiger partial charge is 0.297 e. The lowest BCUT2D eigenvalue weighted by Crippen LogP contribution is -2.33. The highest BCUT2D eigenvalue weighted by Crippen LogP contribution is 2.23. The van der Waals surface area contributed by atoms with Crippen LogP contribution in [0.25, 0.3) is 22.1 Å². The molecule has 0 bridgehead atoms. The Bertz CT molecular complexity index is 1110. The van der Waals surface area contributed by atoms with E-state index in [1.165, 1.54) is 10.9 Å². The topological polar surface area (TPSA) is 95.0 Å². The van der Waals surface area contributed by atoms with Crippen molar-refractivity contribution < 1.29 is 9.21 Å². The molecular weight excluding hydrogens is 334 g/mol. The molecule has 1 N–H and O–H groups in total. The van der Waals surface area contributed by atoms with Crippen molar-refractivity contribution in [1.29, 1.82) is 0 Å². The molecule has 1 amide bonds. The summed E-state index contributed by atoms with van der Waals surface area (Å²) in [6, 6.07) is 7.33. The monoisotopic (exact) mass is 351 g/mol. The second-order valence-electron chi connectivity index (χ2n) is 5.96. The number of benzene rings is 1. The number of amides is 1. The predicted molar refractivity (Wildman–Crippen MR) is 95.6 cm³/mol. The first-order chi connectivity index (χ1) is 12.7. The maximum atomic E-state index is 12.6. The number of para-hydroxylation sites is 1. The Morgan fingerprint density at radius 3 is 2.96 bits per heavy atom. The Balaban J connectivity index is 1.43. The molecule has 0 saturated heterocycles. The number of carbonyl (C=O) groups excluding carboxylic acids is 1. The molecule has 8 nitrogen and oxygen atoms in total. The zero-order valence-electron chi connectivity index (χ0n) is 14.0. The molecular formula is C18H17N5O3. The van der Waals surface area contributed by atoms with Crippen molar-refractivity contribution in [1.82, 2.24) is 24.4 Å². The average Bonchev–Trinajstić information content (AvgIpc) is 3.29. The number of aromatic nitrogens is 4. The van der Waals surface area contributed by atoms with Crippen LogP contribution in [-0.4, -0.2) is 31.6 Å². The van der Waals surface area contributed by atoms with Crippen molar-refractivity contribution in [2.45, 2.75) is 19.5 Å². The fourth-order valence-electron chi connectivity index (χ4n) is 2.85. The van der Waals surface area contributed by atoms with Crippen LogP contribution in [-0.2, 0) is 17.9 Å². The Morgan fingerprint density at radius 2 is 2.12 bits per heavy atom. The van der Waals surface area contributed by atoms with Crippen LogP contribution < -0.4 is 10.9 Å². The minimum Gasteiger partial charge on any atom is -0.448 e. The van der Waals surface area contributed by atoms with Gasteiger partial charge in [0.1, 0.15) is 17.6 Å². The van der Waals surface area contributed by atoms with Crippen molar-refractivity contribution in [3.63, 3.8) is 0 Å². The molecule has 0 saturated carbocycles. The fourth-order valence-corrected chi connectivity index (χ4v) is 2.85. The molecule has 3 heterocycles. The van der Waals surface area contributed by atoms with E-state index in [9.17, 15) is 9.59 Å². The summed E-state index contributed by atoms with van der Waals surface area (Å²) in [5.41, 5.74) is 0.928. The van der Waals surface area contributed by atoms with Crippen LogP contribution in [0.1, 0.15) is 6.42 Å². The molecule has 0 aliphatic carbocycles. The Labute approximate surface area is 148 Å². The maximum absolute atomic E-state index is 12.6. The minimum atomic E-state index is -0.361. The summed E-state index contributed by atoms with van der Waals surface area (Å²) in [5.74, 6) is -0.241. The van der Waals surface area contributed by atoms with Crippen molar-refractivity contribution in [3.05, 3.63) is 59.7 Å². The number of rotatable bonds is 6. The van der Waals surface area contributed by atoms with Gasteiger partial charge in [0.15, 0.2) is 0 Å². The summed E-state index contributed by atoms with van der Waals surface area (Å²) in [4.78, 5) is 32.9. The predicted octanol–water partition coefficient (Wildman–Crippen LogP) is 1.55. The summed E-state index contributed by atoms with van der Waals surface area (Å²) in [5, 5.41) is 3.59. The third kappa shape index (κ3) is 3.08. The molecule has 4 rings (SSSR count). The summed E-state index contributed by atoms with van der Waals surface area (Å²) in [6.07, 6.45) is 7.48. The molecule has 8 heteroatoms. The highest BCUT2D eigenvalue weighted by molar-refractivity contribution is 6.01. The molecule has 1 aromatic carbocycles. The van der Waals surface area contributed by atoms with Crippen molar-refractivity contribution in [2.24, 2.45) is 0 Å². The van der Waals surface area contributed by atoms with Crippen molar-refractivity contribution >= 4 is 28.0 Å². The van der Waals surface area contributed by atoms with Gasteiger partial charge in [-0.3, -0.25) is 14.2 Å². The quantitative estimate of drug-likeness (QED) is 0.532. The largest absolute Gasteiger partial charge is 0.448 e. The lowest BCUT2D eigenvalue weighted by atomic mass is 10.2. The summed E-state index contributed by atoms with van der Waals surface area (Å²) >= 11 is 0. The Hall–Kier alpha value is -3.42. The van der Waals surface area contributed by atoms with E-state index >= 15 is 0 Å². The van der Waals surface area contributed by atoms with Crippen LogP contribution >= 0.6 is 0 Å². The minimum absolute atomic E-state index is 0.0934. The number of nitrogens with zero attached hydrogens (tertiary/aromatic N) is 4. The highest BCUT2D eigenvalue weighted by atomic mass is 16.3. The maximum Gasteiger partial charge on any atom is 0.297 e. The normalized spacial score (nSPS) is 11.2. The lowest BCUT2D eigenvalue weighted by molar-refractivity contribution is -0.121. The molecule has 0 radical (unpaired) electrons. The second-order valence-corrected chi connectivity index (χ2v) is 5.96. The zero-order valence-corrected chi connectivity index (χ0v) is 14.0. The van der Waals surface area contributed by atoms with E-state index in [4.69, 9.17) is 4.42 Å². The van der Waals surface area contributed by atoms with Gasteiger partial charge in [-0.15, -0.1) is 0 Å².